The van der Waals surface area contributed by atoms with Crippen LogP contribution < -0.4 is 10.6 Å². The van der Waals surface area contributed by atoms with E-state index in [0.717, 1.165) is 24.3 Å². The standard InChI is InChI=1S/C13H9F4N2O2/c14-10-5-2-6-11(21-13(15,16)17)12(10)8-3-1-4-9(7-8)19(18)20/h1-7H,(H2,18,20)/q+1. The number of nitrogens with two attached hydrogens (primary N) is 1. The average molecular weight is 301 g/mol. The molecular formula is C13H9F4N2O2+. The van der Waals surface area contributed by atoms with E-state index in [2.05, 4.69) is 4.74 Å². The van der Waals surface area contributed by atoms with Crippen LogP contribution in [0.5, 0.6) is 5.75 Å². The zero-order valence-corrected chi connectivity index (χ0v) is 10.4. The quantitative estimate of drug-likeness (QED) is 0.407. The number of benzene rings is 2. The molecule has 110 valence electrons. The predicted octanol–water partition coefficient (Wildman–Crippen LogP) is 3.68. The summed E-state index contributed by atoms with van der Waals surface area (Å²) in [7, 11) is 0. The number of nitrogens with zero attached hydrogens (tertiary/aromatic N) is 1. The predicted molar refractivity (Wildman–Crippen MR) is 66.0 cm³/mol. The fourth-order valence-electron chi connectivity index (χ4n) is 1.79. The Hall–Kier alpha value is -2.64. The van der Waals surface area contributed by atoms with Crippen molar-refractivity contribution >= 4 is 5.69 Å². The highest BCUT2D eigenvalue weighted by Gasteiger charge is 2.33. The topological polar surface area (TPSA) is 55.3 Å². The molecule has 21 heavy (non-hydrogen) atoms. The molecule has 0 aliphatic heterocycles. The Balaban J connectivity index is 2.57. The Morgan fingerprint density at radius 1 is 1.10 bits per heavy atom. The molecule has 4 nitrogen and oxygen atoms in total. The lowest BCUT2D eigenvalue weighted by Crippen LogP contribution is -2.18. The summed E-state index contributed by atoms with van der Waals surface area (Å²) in [5, 5.41) is 0. The zero-order valence-electron chi connectivity index (χ0n) is 10.4. The largest absolute Gasteiger partial charge is 0.573 e. The number of hydrogen-bond acceptors (Lipinski definition) is 2. The maximum atomic E-state index is 13.9. The van der Waals surface area contributed by atoms with Gasteiger partial charge in [0.15, 0.2) is 4.87 Å². The van der Waals surface area contributed by atoms with Gasteiger partial charge in [0.1, 0.15) is 11.6 Å². The van der Waals surface area contributed by atoms with Crippen LogP contribution in [0, 0.1) is 10.7 Å². The van der Waals surface area contributed by atoms with Crippen LogP contribution >= 0.6 is 0 Å². The second kappa shape index (κ2) is 5.39. The van der Waals surface area contributed by atoms with Crippen molar-refractivity contribution in [3.63, 3.8) is 0 Å². The van der Waals surface area contributed by atoms with Crippen molar-refractivity contribution in [2.75, 3.05) is 0 Å². The Morgan fingerprint density at radius 3 is 2.38 bits per heavy atom. The van der Waals surface area contributed by atoms with Gasteiger partial charge < -0.3 is 4.74 Å². The van der Waals surface area contributed by atoms with E-state index in [1.165, 1.54) is 18.2 Å². The van der Waals surface area contributed by atoms with Crippen molar-refractivity contribution in [3.05, 3.63) is 53.2 Å². The van der Waals surface area contributed by atoms with Crippen LogP contribution in [0.4, 0.5) is 23.2 Å². The summed E-state index contributed by atoms with van der Waals surface area (Å²) >= 11 is 0. The SMILES string of the molecule is N[N+](=O)c1cccc(-c2c(F)cccc2OC(F)(F)F)c1. The van der Waals surface area contributed by atoms with E-state index in [-0.39, 0.29) is 16.1 Å². The first-order valence-electron chi connectivity index (χ1n) is 5.64. The maximum Gasteiger partial charge on any atom is 0.573 e. The van der Waals surface area contributed by atoms with Crippen molar-refractivity contribution in [3.8, 4) is 16.9 Å². The third-order valence-electron chi connectivity index (χ3n) is 2.59. The maximum absolute atomic E-state index is 13.9. The van der Waals surface area contributed by atoms with Crippen LogP contribution in [0.25, 0.3) is 11.1 Å². The third kappa shape index (κ3) is 3.47. The molecule has 0 amide bonds. The number of rotatable bonds is 3. The summed E-state index contributed by atoms with van der Waals surface area (Å²) in [5.74, 6) is 3.40. The van der Waals surface area contributed by atoms with Gasteiger partial charge in [0.2, 0.25) is 0 Å². The van der Waals surface area contributed by atoms with Crippen LogP contribution in [0.2, 0.25) is 0 Å². The van der Waals surface area contributed by atoms with Gasteiger partial charge in [-0.1, -0.05) is 18.2 Å². The Morgan fingerprint density at radius 2 is 1.76 bits per heavy atom. The Kier molecular flexibility index (Phi) is 3.79. The van der Waals surface area contributed by atoms with Gasteiger partial charge >= 0.3 is 6.36 Å². The van der Waals surface area contributed by atoms with Gasteiger partial charge in [-0.15, -0.1) is 13.2 Å². The van der Waals surface area contributed by atoms with E-state index in [1.807, 2.05) is 0 Å². The van der Waals surface area contributed by atoms with Crippen molar-refractivity contribution in [1.82, 2.24) is 0 Å². The molecule has 0 fully saturated rings. The summed E-state index contributed by atoms with van der Waals surface area (Å²) in [6, 6.07) is 8.27. The average Bonchev–Trinajstić information content (AvgIpc) is 2.37. The van der Waals surface area contributed by atoms with E-state index in [9.17, 15) is 22.5 Å². The molecule has 0 saturated heterocycles. The molecule has 0 spiro atoms. The van der Waals surface area contributed by atoms with Crippen LogP contribution in [-0.2, 0) is 0 Å². The first-order valence-corrected chi connectivity index (χ1v) is 5.64. The number of ether oxygens (including phenoxy) is 1. The van der Waals surface area contributed by atoms with Gasteiger partial charge in [0.25, 0.3) is 5.69 Å². The summed E-state index contributed by atoms with van der Waals surface area (Å²) in [6.45, 7) is 0. The monoisotopic (exact) mass is 301 g/mol. The lowest BCUT2D eigenvalue weighted by atomic mass is 10.0. The molecule has 2 aromatic carbocycles. The van der Waals surface area contributed by atoms with Gasteiger partial charge in [0, 0.05) is 12.1 Å². The normalized spacial score (nSPS) is 11.2. The molecule has 0 heterocycles. The van der Waals surface area contributed by atoms with Gasteiger partial charge in [-0.3, -0.25) is 0 Å². The molecule has 0 unspecified atom stereocenters. The molecule has 2 rings (SSSR count). The number of halogens is 4. The fourth-order valence-corrected chi connectivity index (χ4v) is 1.79. The number of alkyl halides is 3. The zero-order chi connectivity index (χ0) is 15.6. The molecule has 0 aromatic heterocycles. The molecule has 2 aromatic rings. The Bertz CT molecular complexity index is 686. The van der Waals surface area contributed by atoms with E-state index < -0.39 is 23.5 Å². The molecule has 2 N–H and O–H groups in total. The van der Waals surface area contributed by atoms with Crippen LogP contribution in [0.3, 0.4) is 0 Å². The van der Waals surface area contributed by atoms with Gasteiger partial charge in [-0.25, -0.2) is 4.39 Å². The second-order valence-electron chi connectivity index (χ2n) is 4.04. The van der Waals surface area contributed by atoms with Gasteiger partial charge in [-0.05, 0) is 17.7 Å². The molecule has 0 saturated carbocycles. The minimum absolute atomic E-state index is 0.0225. The molecule has 0 aliphatic carbocycles. The van der Waals surface area contributed by atoms with E-state index >= 15 is 0 Å². The fraction of sp³-hybridized carbons (Fsp3) is 0.0769. The molecule has 0 bridgehead atoms. The third-order valence-corrected chi connectivity index (χ3v) is 2.59. The van der Waals surface area contributed by atoms with Gasteiger partial charge in [0.05, 0.1) is 10.5 Å². The number of hydrogen-bond donors (Lipinski definition) is 1. The van der Waals surface area contributed by atoms with E-state index in [0.29, 0.717) is 0 Å². The molecule has 8 heteroatoms. The van der Waals surface area contributed by atoms with Crippen molar-refractivity contribution < 1.29 is 27.2 Å². The van der Waals surface area contributed by atoms with Crippen molar-refractivity contribution in [2.45, 2.75) is 6.36 Å². The highest BCUT2D eigenvalue weighted by atomic mass is 19.4. The number of hydrazine groups is 1. The van der Waals surface area contributed by atoms with E-state index in [4.69, 9.17) is 5.84 Å². The van der Waals surface area contributed by atoms with Crippen LogP contribution in [0.15, 0.2) is 42.5 Å². The lowest BCUT2D eigenvalue weighted by molar-refractivity contribution is -0.474. The van der Waals surface area contributed by atoms with E-state index in [1.54, 1.807) is 0 Å². The first-order chi connectivity index (χ1) is 9.78. The summed E-state index contributed by atoms with van der Waals surface area (Å²) in [5.41, 5.74) is -0.400. The van der Waals surface area contributed by atoms with Crippen molar-refractivity contribution in [1.29, 1.82) is 0 Å². The first kappa shape index (κ1) is 14.8. The minimum atomic E-state index is -4.96. The van der Waals surface area contributed by atoms with Gasteiger partial charge in [-0.2, -0.15) is 5.84 Å². The highest BCUT2D eigenvalue weighted by molar-refractivity contribution is 5.72. The summed E-state index contributed by atoms with van der Waals surface area (Å²) < 4.78 is 54.7. The molecular weight excluding hydrogens is 292 g/mol. The van der Waals surface area contributed by atoms with Crippen molar-refractivity contribution in [2.24, 2.45) is 5.84 Å². The molecule has 0 radical (unpaired) electrons. The van der Waals surface area contributed by atoms with Crippen LogP contribution in [-0.4, -0.2) is 11.2 Å². The van der Waals surface area contributed by atoms with Crippen LogP contribution in [0.1, 0.15) is 0 Å². The molecule has 0 atom stereocenters. The lowest BCUT2D eigenvalue weighted by Gasteiger charge is -2.13. The smallest absolute Gasteiger partial charge is 0.405 e. The summed E-state index contributed by atoms with van der Waals surface area (Å²) in [6.07, 6.45) is -4.96. The number of nitroso groups, excluding NO2 is 1. The molecule has 0 aliphatic rings. The minimum Gasteiger partial charge on any atom is -0.405 e. The Labute approximate surface area is 116 Å². The highest BCUT2D eigenvalue weighted by Crippen LogP contribution is 2.36. The summed E-state index contributed by atoms with van der Waals surface area (Å²) in [4.78, 5) is 11.0. The second-order valence-corrected chi connectivity index (χ2v) is 4.04.